The van der Waals surface area contributed by atoms with Gasteiger partial charge in [-0.1, -0.05) is 48.0 Å². The normalized spacial score (nSPS) is 18.4. The van der Waals surface area contributed by atoms with Gasteiger partial charge < -0.3 is 14.8 Å². The van der Waals surface area contributed by atoms with Crippen LogP contribution >= 0.6 is 11.6 Å². The number of benzene rings is 2. The van der Waals surface area contributed by atoms with E-state index in [1.165, 1.54) is 0 Å². The largest absolute Gasteiger partial charge is 0.459 e. The van der Waals surface area contributed by atoms with Gasteiger partial charge in [-0.05, 0) is 56.9 Å². The highest BCUT2D eigenvalue weighted by atomic mass is 35.5. The van der Waals surface area contributed by atoms with Crippen LogP contribution in [-0.4, -0.2) is 18.6 Å². The van der Waals surface area contributed by atoms with Crippen LogP contribution in [0.15, 0.2) is 48.5 Å². The third kappa shape index (κ3) is 4.68. The number of halogens is 1. The van der Waals surface area contributed by atoms with E-state index < -0.39 is 30.1 Å². The summed E-state index contributed by atoms with van der Waals surface area (Å²) < 4.78 is 34.0. The van der Waals surface area contributed by atoms with Gasteiger partial charge in [0.2, 0.25) is 0 Å². The molecule has 1 aliphatic carbocycles. The Morgan fingerprint density at radius 2 is 1.96 bits per heavy atom. The topological polar surface area (TPSA) is 47.6 Å². The molecule has 1 fully saturated rings. The van der Waals surface area contributed by atoms with Gasteiger partial charge in [0, 0.05) is 13.6 Å². The minimum Gasteiger partial charge on any atom is -0.459 e. The third-order valence-corrected chi connectivity index (χ3v) is 5.16. The molecule has 0 heterocycles. The summed E-state index contributed by atoms with van der Waals surface area (Å²) in [6.45, 7) is 5.91. The maximum Gasteiger partial charge on any atom is 0.315 e. The molecule has 0 spiro atoms. The number of anilines is 1. The van der Waals surface area contributed by atoms with Crippen molar-refractivity contribution in [2.45, 2.75) is 51.9 Å². The molecule has 3 rings (SSSR count). The van der Waals surface area contributed by atoms with Crippen LogP contribution in [0, 0.1) is 5.41 Å². The van der Waals surface area contributed by atoms with E-state index in [0.717, 1.165) is 5.56 Å². The van der Waals surface area contributed by atoms with Crippen molar-refractivity contribution in [1.29, 1.82) is 0 Å². The zero-order chi connectivity index (χ0) is 22.9. The summed E-state index contributed by atoms with van der Waals surface area (Å²) in [5.41, 5.74) is 0.583. The minimum absolute atomic E-state index is 0.442. The van der Waals surface area contributed by atoms with E-state index in [4.69, 9.17) is 25.2 Å². The first-order valence-corrected chi connectivity index (χ1v) is 9.76. The molecule has 150 valence electrons. The van der Waals surface area contributed by atoms with Gasteiger partial charge in [-0.15, -0.1) is 0 Å². The fraction of sp³-hybridized carbons (Fsp3) is 0.435. The van der Waals surface area contributed by atoms with E-state index >= 15 is 0 Å². The van der Waals surface area contributed by atoms with Crippen LogP contribution in [0.2, 0.25) is 5.02 Å². The zero-order valence-corrected chi connectivity index (χ0v) is 17.2. The molecule has 1 unspecified atom stereocenters. The lowest BCUT2D eigenvalue weighted by Gasteiger charge is -2.29. The summed E-state index contributed by atoms with van der Waals surface area (Å²) in [5, 5.41) is 3.78. The highest BCUT2D eigenvalue weighted by molar-refractivity contribution is 6.33. The van der Waals surface area contributed by atoms with Crippen LogP contribution in [0.3, 0.4) is 0 Å². The van der Waals surface area contributed by atoms with Crippen LogP contribution in [0.4, 0.5) is 5.69 Å². The van der Waals surface area contributed by atoms with Crippen molar-refractivity contribution < 1.29 is 18.4 Å². The first-order valence-electron chi connectivity index (χ1n) is 10.9. The molecule has 0 amide bonds. The van der Waals surface area contributed by atoms with Crippen LogP contribution < -0.4 is 5.32 Å². The summed E-state index contributed by atoms with van der Waals surface area (Å²) in [7, 11) is -2.67. The second-order valence-electron chi connectivity index (χ2n) is 8.23. The van der Waals surface area contributed by atoms with E-state index in [2.05, 4.69) is 5.32 Å². The molecular weight excluding hydrogens is 374 g/mol. The fourth-order valence-corrected chi connectivity index (χ4v) is 3.41. The van der Waals surface area contributed by atoms with Gasteiger partial charge in [0.25, 0.3) is 0 Å². The van der Waals surface area contributed by atoms with Crippen molar-refractivity contribution in [3.8, 4) is 0 Å². The van der Waals surface area contributed by atoms with Gasteiger partial charge in [0.05, 0.1) is 26.3 Å². The summed E-state index contributed by atoms with van der Waals surface area (Å²) in [5.74, 6) is -0.442. The number of hydrogen-bond acceptors (Lipinski definition) is 4. The first-order chi connectivity index (χ1) is 14.4. The average molecular weight is 405 g/mol. The van der Waals surface area contributed by atoms with Gasteiger partial charge in [0.1, 0.15) is 5.60 Å². The lowest BCUT2D eigenvalue weighted by atomic mass is 9.92. The molecule has 2 aromatic rings. The predicted molar refractivity (Wildman–Crippen MR) is 112 cm³/mol. The van der Waals surface area contributed by atoms with Crippen LogP contribution in [0.1, 0.15) is 55.0 Å². The molecule has 1 atom stereocenters. The van der Waals surface area contributed by atoms with E-state index in [-0.39, 0.29) is 0 Å². The first kappa shape index (κ1) is 16.9. The van der Waals surface area contributed by atoms with Gasteiger partial charge in [-0.3, -0.25) is 4.79 Å². The number of esters is 1. The van der Waals surface area contributed by atoms with Gasteiger partial charge in [-0.25, -0.2) is 0 Å². The minimum atomic E-state index is -2.67. The number of nitrogens with one attached hydrogen (secondary N) is 1. The van der Waals surface area contributed by atoms with Crippen LogP contribution in [0.25, 0.3) is 0 Å². The Morgan fingerprint density at radius 1 is 1.25 bits per heavy atom. The van der Waals surface area contributed by atoms with Crippen molar-refractivity contribution >= 4 is 23.3 Å². The molecule has 0 aromatic heterocycles. The van der Waals surface area contributed by atoms with Crippen LogP contribution in [0.5, 0.6) is 0 Å². The van der Waals surface area contributed by atoms with Gasteiger partial charge in [-0.2, -0.15) is 0 Å². The molecule has 1 saturated carbocycles. The molecular formula is C23H28ClNO3. The highest BCUT2D eigenvalue weighted by Crippen LogP contribution is 2.58. The number of ether oxygens (including phenoxy) is 2. The number of hydrogen-bond donors (Lipinski definition) is 1. The van der Waals surface area contributed by atoms with Gasteiger partial charge >= 0.3 is 5.97 Å². The summed E-state index contributed by atoms with van der Waals surface area (Å²) in [4.78, 5) is 13.0. The van der Waals surface area contributed by atoms with E-state index in [0.29, 0.717) is 35.7 Å². The Bertz CT molecular complexity index is 922. The van der Waals surface area contributed by atoms with Crippen molar-refractivity contribution in [3.05, 3.63) is 64.7 Å². The molecule has 5 heteroatoms. The standard InChI is InChI=1S/C23H28ClNO3/c1-22(2,3)28-21(26)23(12-13-23)20(27-4)17-10-11-18(24)19(14-17)25-15-16-8-6-5-7-9-16/h5-11,14,20,25H,12-13,15H2,1-4H3/i4D3. The molecule has 4 nitrogen and oxygen atoms in total. The Morgan fingerprint density at radius 3 is 2.57 bits per heavy atom. The second kappa shape index (κ2) is 8.14. The quantitative estimate of drug-likeness (QED) is 0.596. The Kier molecular flexibility index (Phi) is 4.90. The molecule has 0 radical (unpaired) electrons. The number of carbonyl (C=O) groups is 1. The third-order valence-electron chi connectivity index (χ3n) is 4.83. The maximum atomic E-state index is 13.0. The summed E-state index contributed by atoms with van der Waals surface area (Å²) >= 11 is 6.37. The number of methoxy groups -OCH3 is 1. The predicted octanol–water partition coefficient (Wildman–Crippen LogP) is 5.76. The molecule has 2 aromatic carbocycles. The molecule has 0 saturated heterocycles. The number of rotatable bonds is 7. The maximum absolute atomic E-state index is 13.0. The monoisotopic (exact) mass is 404 g/mol. The van der Waals surface area contributed by atoms with Crippen molar-refractivity contribution in [2.24, 2.45) is 5.41 Å². The van der Waals surface area contributed by atoms with E-state index in [1.54, 1.807) is 39.0 Å². The van der Waals surface area contributed by atoms with E-state index in [9.17, 15) is 4.79 Å². The lowest BCUT2D eigenvalue weighted by molar-refractivity contribution is -0.168. The Balaban J connectivity index is 1.90. The molecule has 1 aliphatic rings. The van der Waals surface area contributed by atoms with E-state index in [1.807, 2.05) is 30.3 Å². The second-order valence-corrected chi connectivity index (χ2v) is 8.64. The van der Waals surface area contributed by atoms with Crippen LogP contribution in [-0.2, 0) is 20.8 Å². The molecule has 1 N–H and O–H groups in total. The Hall–Kier alpha value is -2.04. The molecule has 0 aliphatic heterocycles. The molecule has 28 heavy (non-hydrogen) atoms. The molecule has 0 bridgehead atoms. The highest BCUT2D eigenvalue weighted by Gasteiger charge is 2.58. The van der Waals surface area contributed by atoms with Crippen molar-refractivity contribution in [3.63, 3.8) is 0 Å². The fourth-order valence-electron chi connectivity index (χ4n) is 3.22. The smallest absolute Gasteiger partial charge is 0.315 e. The Labute approximate surface area is 176 Å². The zero-order valence-electron chi connectivity index (χ0n) is 19.4. The van der Waals surface area contributed by atoms with Crippen molar-refractivity contribution in [1.82, 2.24) is 0 Å². The summed E-state index contributed by atoms with van der Waals surface area (Å²) in [6.07, 6.45) is 0.0280. The SMILES string of the molecule is [2H]C([2H])([2H])OC(c1ccc(Cl)c(NCc2ccccc2)c1)C1(C(=O)OC(C)(C)C)CC1. The average Bonchev–Trinajstić information content (AvgIpc) is 3.46. The van der Waals surface area contributed by atoms with Gasteiger partial charge in [0.15, 0.2) is 0 Å². The lowest BCUT2D eigenvalue weighted by Crippen LogP contribution is -2.33. The summed E-state index contributed by atoms with van der Waals surface area (Å²) in [6, 6.07) is 15.0. The number of carbonyl (C=O) groups excluding carboxylic acids is 1. The van der Waals surface area contributed by atoms with Crippen molar-refractivity contribution in [2.75, 3.05) is 12.4 Å².